The van der Waals surface area contributed by atoms with E-state index < -0.39 is 6.10 Å². The van der Waals surface area contributed by atoms with E-state index in [0.29, 0.717) is 12.3 Å². The second kappa shape index (κ2) is 6.93. The number of aromatic nitrogens is 2. The molecular formula is C12H21N3O2. The van der Waals surface area contributed by atoms with Crippen LogP contribution in [0.5, 0.6) is 5.75 Å². The van der Waals surface area contributed by atoms with Crippen molar-refractivity contribution in [3.63, 3.8) is 0 Å². The summed E-state index contributed by atoms with van der Waals surface area (Å²) >= 11 is 0. The van der Waals surface area contributed by atoms with Crippen molar-refractivity contribution in [3.8, 4) is 5.75 Å². The molecule has 0 spiro atoms. The number of carbonyl (C=O) groups excluding carboxylic acids is 1. The lowest BCUT2D eigenvalue weighted by Gasteiger charge is -2.12. The highest BCUT2D eigenvalue weighted by molar-refractivity contribution is 5.80. The number of ether oxygens (including phenoxy) is 1. The highest BCUT2D eigenvalue weighted by Gasteiger charge is 2.14. The first-order valence-electron chi connectivity index (χ1n) is 6.14. The molecule has 5 nitrogen and oxygen atoms in total. The van der Waals surface area contributed by atoms with Gasteiger partial charge in [0.15, 0.2) is 11.9 Å². The Morgan fingerprint density at radius 2 is 2.35 bits per heavy atom. The van der Waals surface area contributed by atoms with Crippen molar-refractivity contribution in [2.24, 2.45) is 0 Å². The summed E-state index contributed by atoms with van der Waals surface area (Å²) in [6.07, 6.45) is 4.99. The number of unbranched alkanes of at least 4 members (excludes halogenated alkanes) is 1. The quantitative estimate of drug-likeness (QED) is 0.735. The standard InChI is InChI=1S/C12H21N3O2/c1-4-6-7-13-12(16)10(3)17-11-8-14-15(5-2)9-11/h8-10H,4-7H2,1-3H3,(H,13,16). The van der Waals surface area contributed by atoms with Crippen molar-refractivity contribution >= 4 is 5.91 Å². The van der Waals surface area contributed by atoms with Crippen molar-refractivity contribution < 1.29 is 9.53 Å². The molecule has 0 aromatic carbocycles. The molecule has 1 N–H and O–H groups in total. The van der Waals surface area contributed by atoms with Crippen LogP contribution in [0.25, 0.3) is 0 Å². The fourth-order valence-electron chi connectivity index (χ4n) is 1.37. The van der Waals surface area contributed by atoms with Crippen LogP contribution in [0.1, 0.15) is 33.6 Å². The molecule has 1 unspecified atom stereocenters. The SMILES string of the molecule is CCCCNC(=O)C(C)Oc1cnn(CC)c1. The molecule has 1 aromatic rings. The number of hydrogen-bond donors (Lipinski definition) is 1. The Kier molecular flexibility index (Phi) is 5.52. The van der Waals surface area contributed by atoms with Crippen LogP contribution in [0.2, 0.25) is 0 Å². The molecule has 1 heterocycles. The van der Waals surface area contributed by atoms with Gasteiger partial charge in [0.2, 0.25) is 0 Å². The van der Waals surface area contributed by atoms with Gasteiger partial charge in [0.1, 0.15) is 0 Å². The summed E-state index contributed by atoms with van der Waals surface area (Å²) in [4.78, 5) is 11.6. The number of carbonyl (C=O) groups is 1. The van der Waals surface area contributed by atoms with Gasteiger partial charge in [0.25, 0.3) is 5.91 Å². The average Bonchev–Trinajstić information content (AvgIpc) is 2.77. The molecule has 1 rings (SSSR count). The highest BCUT2D eigenvalue weighted by atomic mass is 16.5. The maximum absolute atomic E-state index is 11.6. The van der Waals surface area contributed by atoms with Gasteiger partial charge in [-0.1, -0.05) is 13.3 Å². The van der Waals surface area contributed by atoms with Gasteiger partial charge in [-0.05, 0) is 20.3 Å². The smallest absolute Gasteiger partial charge is 0.260 e. The third-order valence-electron chi connectivity index (χ3n) is 2.45. The zero-order valence-corrected chi connectivity index (χ0v) is 10.8. The van der Waals surface area contributed by atoms with Crippen molar-refractivity contribution in [1.82, 2.24) is 15.1 Å². The molecule has 0 saturated heterocycles. The van der Waals surface area contributed by atoms with Gasteiger partial charge in [-0.15, -0.1) is 0 Å². The largest absolute Gasteiger partial charge is 0.478 e. The van der Waals surface area contributed by atoms with Crippen molar-refractivity contribution in [3.05, 3.63) is 12.4 Å². The average molecular weight is 239 g/mol. The molecule has 1 aromatic heterocycles. The third-order valence-corrected chi connectivity index (χ3v) is 2.45. The summed E-state index contributed by atoms with van der Waals surface area (Å²) in [5.41, 5.74) is 0. The van der Waals surface area contributed by atoms with Crippen LogP contribution in [-0.4, -0.2) is 28.3 Å². The van der Waals surface area contributed by atoms with Crippen molar-refractivity contribution in [2.45, 2.75) is 46.3 Å². The van der Waals surface area contributed by atoms with E-state index in [0.717, 1.165) is 19.4 Å². The fraction of sp³-hybridized carbons (Fsp3) is 0.667. The van der Waals surface area contributed by atoms with Gasteiger partial charge in [0, 0.05) is 13.1 Å². The van der Waals surface area contributed by atoms with Crippen LogP contribution in [-0.2, 0) is 11.3 Å². The number of amides is 1. The zero-order chi connectivity index (χ0) is 12.7. The first kappa shape index (κ1) is 13.5. The van der Waals surface area contributed by atoms with Crippen LogP contribution in [0.3, 0.4) is 0 Å². The first-order valence-corrected chi connectivity index (χ1v) is 6.14. The van der Waals surface area contributed by atoms with E-state index in [1.165, 1.54) is 0 Å². The van der Waals surface area contributed by atoms with E-state index in [1.54, 1.807) is 24.0 Å². The van der Waals surface area contributed by atoms with Crippen LogP contribution in [0, 0.1) is 0 Å². The van der Waals surface area contributed by atoms with Gasteiger partial charge in [-0.2, -0.15) is 5.10 Å². The Bertz CT molecular complexity index is 349. The monoisotopic (exact) mass is 239 g/mol. The second-order valence-electron chi connectivity index (χ2n) is 3.94. The number of rotatable bonds is 7. The predicted octanol–water partition coefficient (Wildman–Crippen LogP) is 1.59. The van der Waals surface area contributed by atoms with Gasteiger partial charge in [-0.25, -0.2) is 0 Å². The molecule has 17 heavy (non-hydrogen) atoms. The van der Waals surface area contributed by atoms with Gasteiger partial charge in [-0.3, -0.25) is 9.48 Å². The van der Waals surface area contributed by atoms with Crippen LogP contribution < -0.4 is 10.1 Å². The Labute approximate surface area is 102 Å². The minimum absolute atomic E-state index is 0.0808. The van der Waals surface area contributed by atoms with Crippen molar-refractivity contribution in [2.75, 3.05) is 6.54 Å². The lowest BCUT2D eigenvalue weighted by atomic mass is 10.3. The minimum Gasteiger partial charge on any atom is -0.478 e. The van der Waals surface area contributed by atoms with Crippen LogP contribution in [0.4, 0.5) is 0 Å². The maximum atomic E-state index is 11.6. The molecule has 0 aliphatic heterocycles. The molecular weight excluding hydrogens is 218 g/mol. The van der Waals surface area contributed by atoms with E-state index >= 15 is 0 Å². The molecule has 0 aliphatic rings. The summed E-state index contributed by atoms with van der Waals surface area (Å²) in [6, 6.07) is 0. The lowest BCUT2D eigenvalue weighted by molar-refractivity contribution is -0.127. The van der Waals surface area contributed by atoms with Crippen molar-refractivity contribution in [1.29, 1.82) is 0 Å². The zero-order valence-electron chi connectivity index (χ0n) is 10.8. The highest BCUT2D eigenvalue weighted by Crippen LogP contribution is 2.10. The Morgan fingerprint density at radius 1 is 1.59 bits per heavy atom. The molecule has 0 bridgehead atoms. The second-order valence-corrected chi connectivity index (χ2v) is 3.94. The van der Waals surface area contributed by atoms with E-state index in [4.69, 9.17) is 4.74 Å². The van der Waals surface area contributed by atoms with E-state index in [-0.39, 0.29) is 5.91 Å². The van der Waals surface area contributed by atoms with E-state index in [2.05, 4.69) is 17.3 Å². The maximum Gasteiger partial charge on any atom is 0.260 e. The van der Waals surface area contributed by atoms with Gasteiger partial charge < -0.3 is 10.1 Å². The number of nitrogens with zero attached hydrogens (tertiary/aromatic N) is 2. The van der Waals surface area contributed by atoms with Gasteiger partial charge in [0.05, 0.1) is 12.4 Å². The predicted molar refractivity (Wildman–Crippen MR) is 65.9 cm³/mol. The minimum atomic E-state index is -0.485. The summed E-state index contributed by atoms with van der Waals surface area (Å²) in [6.45, 7) is 7.32. The Morgan fingerprint density at radius 3 is 2.94 bits per heavy atom. The first-order chi connectivity index (χ1) is 8.17. The number of hydrogen-bond acceptors (Lipinski definition) is 3. The summed E-state index contributed by atoms with van der Waals surface area (Å²) < 4.78 is 7.25. The molecule has 0 aliphatic carbocycles. The molecule has 0 radical (unpaired) electrons. The molecule has 1 atom stereocenters. The number of nitrogens with one attached hydrogen (secondary N) is 1. The summed E-state index contributed by atoms with van der Waals surface area (Å²) in [7, 11) is 0. The van der Waals surface area contributed by atoms with E-state index in [9.17, 15) is 4.79 Å². The number of aryl methyl sites for hydroxylation is 1. The third kappa shape index (κ3) is 4.46. The van der Waals surface area contributed by atoms with Crippen LogP contribution in [0.15, 0.2) is 12.4 Å². The fourth-order valence-corrected chi connectivity index (χ4v) is 1.37. The molecule has 96 valence electrons. The van der Waals surface area contributed by atoms with Crippen LogP contribution >= 0.6 is 0 Å². The lowest BCUT2D eigenvalue weighted by Crippen LogP contribution is -2.36. The Hall–Kier alpha value is -1.52. The summed E-state index contributed by atoms with van der Waals surface area (Å²) in [5.74, 6) is 0.549. The molecule has 5 heteroatoms. The molecule has 0 saturated carbocycles. The Balaban J connectivity index is 2.37. The normalized spacial score (nSPS) is 12.2. The topological polar surface area (TPSA) is 56.1 Å². The van der Waals surface area contributed by atoms with Gasteiger partial charge >= 0.3 is 0 Å². The molecule has 0 fully saturated rings. The summed E-state index contributed by atoms with van der Waals surface area (Å²) in [5, 5.41) is 6.92. The van der Waals surface area contributed by atoms with E-state index in [1.807, 2.05) is 6.92 Å². The molecule has 1 amide bonds.